The highest BCUT2D eigenvalue weighted by Crippen LogP contribution is 2.08. The lowest BCUT2D eigenvalue weighted by atomic mass is 10.1. The molecule has 0 fully saturated rings. The van der Waals surface area contributed by atoms with Crippen LogP contribution in [0.5, 0.6) is 0 Å². The fraction of sp³-hybridized carbons (Fsp3) is 0.538. The van der Waals surface area contributed by atoms with Gasteiger partial charge in [-0.1, -0.05) is 19.9 Å². The lowest BCUT2D eigenvalue weighted by Gasteiger charge is -2.14. The molecule has 94 valence electrons. The molecule has 1 rings (SSSR count). The number of hydrogen-bond acceptors (Lipinski definition) is 3. The molecule has 4 nitrogen and oxygen atoms in total. The van der Waals surface area contributed by atoms with Gasteiger partial charge in [-0.3, -0.25) is 9.78 Å². The molecule has 0 aromatic carbocycles. The molecule has 1 aromatic rings. The summed E-state index contributed by atoms with van der Waals surface area (Å²) in [4.78, 5) is 15.4. The number of amides is 1. The highest BCUT2D eigenvalue weighted by atomic mass is 16.1. The second-order valence-electron chi connectivity index (χ2n) is 4.41. The predicted molar refractivity (Wildman–Crippen MR) is 68.5 cm³/mol. The Bertz CT molecular complexity index is 338. The molecule has 17 heavy (non-hydrogen) atoms. The van der Waals surface area contributed by atoms with Crippen molar-refractivity contribution in [2.24, 2.45) is 5.92 Å². The molecule has 1 aromatic heterocycles. The SMILES string of the molecule is CC(C)C(=O)NCCNC(C)c1cccnc1. The van der Waals surface area contributed by atoms with Gasteiger partial charge in [-0.2, -0.15) is 0 Å². The van der Waals surface area contributed by atoms with Crippen molar-refractivity contribution >= 4 is 5.91 Å². The number of rotatable bonds is 6. The fourth-order valence-electron chi connectivity index (χ4n) is 1.43. The zero-order chi connectivity index (χ0) is 12.7. The molecule has 1 heterocycles. The first-order valence-electron chi connectivity index (χ1n) is 6.02. The fourth-order valence-corrected chi connectivity index (χ4v) is 1.43. The molecular formula is C13H21N3O. The van der Waals surface area contributed by atoms with Crippen molar-refractivity contribution < 1.29 is 4.79 Å². The molecule has 1 unspecified atom stereocenters. The Hall–Kier alpha value is -1.42. The average molecular weight is 235 g/mol. The average Bonchev–Trinajstić information content (AvgIpc) is 2.35. The maximum absolute atomic E-state index is 11.3. The van der Waals surface area contributed by atoms with Crippen molar-refractivity contribution in [2.45, 2.75) is 26.8 Å². The van der Waals surface area contributed by atoms with E-state index in [9.17, 15) is 4.79 Å². The van der Waals surface area contributed by atoms with Crippen LogP contribution < -0.4 is 10.6 Å². The van der Waals surface area contributed by atoms with Crippen LogP contribution in [-0.4, -0.2) is 24.0 Å². The van der Waals surface area contributed by atoms with Gasteiger partial charge in [0.1, 0.15) is 0 Å². The maximum atomic E-state index is 11.3. The van der Waals surface area contributed by atoms with Crippen molar-refractivity contribution in [3.8, 4) is 0 Å². The molecule has 0 saturated carbocycles. The van der Waals surface area contributed by atoms with Crippen LogP contribution in [0.2, 0.25) is 0 Å². The molecule has 0 spiro atoms. The van der Waals surface area contributed by atoms with E-state index in [1.54, 1.807) is 6.20 Å². The van der Waals surface area contributed by atoms with Gasteiger partial charge in [-0.05, 0) is 18.6 Å². The quantitative estimate of drug-likeness (QED) is 0.735. The molecule has 0 bridgehead atoms. The first-order valence-corrected chi connectivity index (χ1v) is 6.02. The summed E-state index contributed by atoms with van der Waals surface area (Å²) < 4.78 is 0. The number of pyridine rings is 1. The minimum atomic E-state index is 0.0470. The molecule has 0 aliphatic heterocycles. The van der Waals surface area contributed by atoms with Crippen LogP contribution in [0.15, 0.2) is 24.5 Å². The van der Waals surface area contributed by atoms with Gasteiger partial charge >= 0.3 is 0 Å². The summed E-state index contributed by atoms with van der Waals surface area (Å²) in [5.74, 6) is 0.145. The highest BCUT2D eigenvalue weighted by molar-refractivity contribution is 5.77. The minimum absolute atomic E-state index is 0.0470. The van der Waals surface area contributed by atoms with E-state index in [2.05, 4.69) is 22.5 Å². The van der Waals surface area contributed by atoms with E-state index in [1.807, 2.05) is 32.2 Å². The zero-order valence-corrected chi connectivity index (χ0v) is 10.7. The zero-order valence-electron chi connectivity index (χ0n) is 10.7. The number of carbonyl (C=O) groups is 1. The maximum Gasteiger partial charge on any atom is 0.222 e. The summed E-state index contributed by atoms with van der Waals surface area (Å²) >= 11 is 0. The Labute approximate surface area is 103 Å². The van der Waals surface area contributed by atoms with Gasteiger partial charge in [0.05, 0.1) is 0 Å². The third kappa shape index (κ3) is 4.95. The van der Waals surface area contributed by atoms with Crippen molar-refractivity contribution in [2.75, 3.05) is 13.1 Å². The van der Waals surface area contributed by atoms with Crippen LogP contribution >= 0.6 is 0 Å². The van der Waals surface area contributed by atoms with Crippen LogP contribution in [0.1, 0.15) is 32.4 Å². The standard InChI is InChI=1S/C13H21N3O/c1-10(2)13(17)16-8-7-15-11(3)12-5-4-6-14-9-12/h4-6,9-11,15H,7-8H2,1-3H3,(H,16,17). The summed E-state index contributed by atoms with van der Waals surface area (Å²) in [5.41, 5.74) is 1.16. The van der Waals surface area contributed by atoms with Gasteiger partial charge in [0, 0.05) is 37.4 Å². The monoisotopic (exact) mass is 235 g/mol. The van der Waals surface area contributed by atoms with Gasteiger partial charge in [0.15, 0.2) is 0 Å². The molecule has 0 aliphatic carbocycles. The Morgan fingerprint density at radius 2 is 2.12 bits per heavy atom. The largest absolute Gasteiger partial charge is 0.355 e. The first kappa shape index (κ1) is 13.6. The third-order valence-electron chi connectivity index (χ3n) is 2.58. The van der Waals surface area contributed by atoms with E-state index in [0.29, 0.717) is 6.54 Å². The third-order valence-corrected chi connectivity index (χ3v) is 2.58. The second-order valence-corrected chi connectivity index (χ2v) is 4.41. The topological polar surface area (TPSA) is 54.0 Å². The number of nitrogens with one attached hydrogen (secondary N) is 2. The van der Waals surface area contributed by atoms with Crippen LogP contribution in [0.3, 0.4) is 0 Å². The smallest absolute Gasteiger partial charge is 0.222 e. The van der Waals surface area contributed by atoms with E-state index < -0.39 is 0 Å². The van der Waals surface area contributed by atoms with Crippen molar-refractivity contribution in [3.05, 3.63) is 30.1 Å². The van der Waals surface area contributed by atoms with Gasteiger partial charge in [0.25, 0.3) is 0 Å². The van der Waals surface area contributed by atoms with Crippen LogP contribution in [0, 0.1) is 5.92 Å². The molecule has 4 heteroatoms. The first-order chi connectivity index (χ1) is 8.11. The van der Waals surface area contributed by atoms with Crippen molar-refractivity contribution in [1.29, 1.82) is 0 Å². The Morgan fingerprint density at radius 1 is 1.35 bits per heavy atom. The van der Waals surface area contributed by atoms with Gasteiger partial charge in [-0.15, -0.1) is 0 Å². The summed E-state index contributed by atoms with van der Waals surface area (Å²) in [6.45, 7) is 7.28. The van der Waals surface area contributed by atoms with Crippen LogP contribution in [0.25, 0.3) is 0 Å². The van der Waals surface area contributed by atoms with Crippen LogP contribution in [-0.2, 0) is 4.79 Å². The van der Waals surface area contributed by atoms with Gasteiger partial charge in [0.2, 0.25) is 5.91 Å². The summed E-state index contributed by atoms with van der Waals surface area (Å²) in [6, 6.07) is 4.21. The van der Waals surface area contributed by atoms with Gasteiger partial charge < -0.3 is 10.6 Å². The summed E-state index contributed by atoms with van der Waals surface area (Å²) in [6.07, 6.45) is 3.61. The van der Waals surface area contributed by atoms with E-state index >= 15 is 0 Å². The second kappa shape index (κ2) is 7.01. The van der Waals surface area contributed by atoms with E-state index in [1.165, 1.54) is 0 Å². The van der Waals surface area contributed by atoms with Crippen molar-refractivity contribution in [1.82, 2.24) is 15.6 Å². The summed E-state index contributed by atoms with van der Waals surface area (Å²) in [7, 11) is 0. The number of aromatic nitrogens is 1. The molecule has 0 radical (unpaired) electrons. The Balaban J connectivity index is 2.21. The lowest BCUT2D eigenvalue weighted by Crippen LogP contribution is -2.35. The highest BCUT2D eigenvalue weighted by Gasteiger charge is 2.06. The van der Waals surface area contributed by atoms with E-state index in [0.717, 1.165) is 12.1 Å². The molecule has 0 saturated heterocycles. The Morgan fingerprint density at radius 3 is 2.71 bits per heavy atom. The predicted octanol–water partition coefficient (Wildman–Crippen LogP) is 1.50. The molecule has 0 aliphatic rings. The minimum Gasteiger partial charge on any atom is -0.355 e. The number of carbonyl (C=O) groups excluding carboxylic acids is 1. The van der Waals surface area contributed by atoms with E-state index in [-0.39, 0.29) is 17.9 Å². The molecule has 2 N–H and O–H groups in total. The normalized spacial score (nSPS) is 12.5. The van der Waals surface area contributed by atoms with Gasteiger partial charge in [-0.25, -0.2) is 0 Å². The molecule has 1 amide bonds. The van der Waals surface area contributed by atoms with E-state index in [4.69, 9.17) is 0 Å². The lowest BCUT2D eigenvalue weighted by molar-refractivity contribution is -0.123. The summed E-state index contributed by atoms with van der Waals surface area (Å²) in [5, 5.41) is 6.21. The van der Waals surface area contributed by atoms with Crippen LogP contribution in [0.4, 0.5) is 0 Å². The molecular weight excluding hydrogens is 214 g/mol. The van der Waals surface area contributed by atoms with Crippen molar-refractivity contribution in [3.63, 3.8) is 0 Å². The number of nitrogens with zero attached hydrogens (tertiary/aromatic N) is 1. The molecule has 1 atom stereocenters. The Kier molecular flexibility index (Phi) is 5.63. The number of hydrogen-bond donors (Lipinski definition) is 2.